The lowest BCUT2D eigenvalue weighted by molar-refractivity contribution is -0.111. The molecule has 0 saturated carbocycles. The minimum atomic E-state index is -1.08. The molecule has 0 aliphatic rings. The van der Waals surface area contributed by atoms with Crippen molar-refractivity contribution < 1.29 is 24.3 Å². The monoisotopic (exact) mass is 450 g/mol. The maximum Gasteiger partial charge on any atom is 0.273 e. The van der Waals surface area contributed by atoms with E-state index in [0.29, 0.717) is 11.1 Å². The minimum Gasteiger partial charge on any atom is -0.380 e. The van der Waals surface area contributed by atoms with Crippen molar-refractivity contribution in [3.63, 3.8) is 0 Å². The Morgan fingerprint density at radius 1 is 0.471 bits per heavy atom. The smallest absolute Gasteiger partial charge is 0.273 e. The number of hydrogen-bond donors (Lipinski definition) is 1. The van der Waals surface area contributed by atoms with Crippen molar-refractivity contribution in [2.75, 3.05) is 0 Å². The number of benzene rings is 4. The second-order valence-corrected chi connectivity index (χ2v) is 7.26. The summed E-state index contributed by atoms with van der Waals surface area (Å²) in [7, 11) is 0. The second-order valence-electron chi connectivity index (χ2n) is 7.26. The molecule has 0 saturated heterocycles. The summed E-state index contributed by atoms with van der Waals surface area (Å²) in [5.41, 5.74) is 1.61. The van der Waals surface area contributed by atoms with Crippen molar-refractivity contribution in [1.29, 1.82) is 0 Å². The molecule has 4 aromatic carbocycles. The zero-order valence-electron chi connectivity index (χ0n) is 18.2. The third-order valence-corrected chi connectivity index (χ3v) is 4.91. The molecule has 5 heteroatoms. The molecule has 4 aromatic rings. The molecule has 0 aliphatic carbocycles. The van der Waals surface area contributed by atoms with E-state index in [0.717, 1.165) is 0 Å². The summed E-state index contributed by atoms with van der Waals surface area (Å²) in [6, 6.07) is 33.9. The van der Waals surface area contributed by atoms with Crippen LogP contribution < -0.4 is 0 Å². The second kappa shape index (κ2) is 11.9. The zero-order valence-corrected chi connectivity index (χ0v) is 18.2. The molecular weight excluding hydrogens is 428 g/mol. The van der Waals surface area contributed by atoms with Gasteiger partial charge in [-0.1, -0.05) is 121 Å². The zero-order chi connectivity index (χ0) is 24.3. The van der Waals surface area contributed by atoms with Crippen LogP contribution in [0.2, 0.25) is 0 Å². The van der Waals surface area contributed by atoms with Crippen molar-refractivity contribution in [3.05, 3.63) is 144 Å². The van der Waals surface area contributed by atoms with E-state index in [1.807, 2.05) is 12.1 Å². The van der Waals surface area contributed by atoms with Gasteiger partial charge in [0.2, 0.25) is 11.6 Å². The fourth-order valence-corrected chi connectivity index (χ4v) is 3.09. The third-order valence-electron chi connectivity index (χ3n) is 4.91. The molecule has 0 radical (unpaired) electrons. The van der Waals surface area contributed by atoms with Gasteiger partial charge in [-0.25, -0.2) is 0 Å². The first kappa shape index (κ1) is 24.2. The quantitative estimate of drug-likeness (QED) is 0.245. The molecular formula is C29H22O5. The lowest BCUT2D eigenvalue weighted by Gasteiger charge is -2.09. The van der Waals surface area contributed by atoms with Crippen LogP contribution in [0.5, 0.6) is 0 Å². The highest BCUT2D eigenvalue weighted by molar-refractivity contribution is 6.69. The molecule has 1 N–H and O–H groups in total. The predicted molar refractivity (Wildman–Crippen MR) is 129 cm³/mol. The third kappa shape index (κ3) is 6.28. The summed E-state index contributed by atoms with van der Waals surface area (Å²) in [5, 5.41) is 9.89. The SMILES string of the molecule is O=C(C(=O)c1ccccc1)C(=O)c1ccccc1.O=C(c1ccccc1)C(O)c1ccccc1. The van der Waals surface area contributed by atoms with Gasteiger partial charge in [-0.05, 0) is 5.56 Å². The van der Waals surface area contributed by atoms with Crippen molar-refractivity contribution in [3.8, 4) is 0 Å². The van der Waals surface area contributed by atoms with Crippen molar-refractivity contribution in [1.82, 2.24) is 0 Å². The summed E-state index contributed by atoms with van der Waals surface area (Å²) in [5.74, 6) is -2.83. The molecule has 0 amide bonds. The summed E-state index contributed by atoms with van der Waals surface area (Å²) in [4.78, 5) is 47.2. The summed E-state index contributed by atoms with van der Waals surface area (Å²) < 4.78 is 0. The molecule has 34 heavy (non-hydrogen) atoms. The van der Waals surface area contributed by atoms with Crippen molar-refractivity contribution >= 4 is 23.1 Å². The summed E-state index contributed by atoms with van der Waals surface area (Å²) >= 11 is 0. The molecule has 5 nitrogen and oxygen atoms in total. The average molecular weight is 450 g/mol. The topological polar surface area (TPSA) is 88.5 Å². The van der Waals surface area contributed by atoms with E-state index in [-0.39, 0.29) is 16.9 Å². The lowest BCUT2D eigenvalue weighted by atomic mass is 10.0. The van der Waals surface area contributed by atoms with Gasteiger partial charge in [-0.3, -0.25) is 19.2 Å². The molecule has 0 heterocycles. The van der Waals surface area contributed by atoms with Gasteiger partial charge in [-0.2, -0.15) is 0 Å². The Kier molecular flexibility index (Phi) is 8.49. The first-order valence-electron chi connectivity index (χ1n) is 10.5. The van der Waals surface area contributed by atoms with Crippen LogP contribution in [0.4, 0.5) is 0 Å². The standard InChI is InChI=1S/C15H10O3.C14H12O2/c16-13(11-7-3-1-4-8-11)15(18)14(17)12-9-5-2-6-10-12;15-13(11-7-3-1-4-8-11)14(16)12-9-5-2-6-10-12/h1-10H;1-10,13,15H. The van der Waals surface area contributed by atoms with E-state index in [1.54, 1.807) is 84.9 Å². The number of carbonyl (C=O) groups excluding carboxylic acids is 4. The van der Waals surface area contributed by atoms with E-state index in [4.69, 9.17) is 0 Å². The van der Waals surface area contributed by atoms with Crippen LogP contribution in [0.25, 0.3) is 0 Å². The van der Waals surface area contributed by atoms with Crippen LogP contribution >= 0.6 is 0 Å². The number of Topliss-reactive ketones (excluding diaryl/α,β-unsaturated/α-hetero) is 4. The van der Waals surface area contributed by atoms with Crippen LogP contribution in [-0.2, 0) is 4.79 Å². The van der Waals surface area contributed by atoms with Gasteiger partial charge >= 0.3 is 0 Å². The van der Waals surface area contributed by atoms with Crippen molar-refractivity contribution in [2.45, 2.75) is 6.10 Å². The minimum absolute atomic E-state index is 0.229. The number of aliphatic hydroxyl groups excluding tert-OH is 1. The maximum absolute atomic E-state index is 11.9. The molecule has 168 valence electrons. The molecule has 0 aliphatic heterocycles. The Morgan fingerprint density at radius 3 is 1.18 bits per heavy atom. The predicted octanol–water partition coefficient (Wildman–Crippen LogP) is 4.92. The summed E-state index contributed by atoms with van der Waals surface area (Å²) in [6.07, 6.45) is -1.08. The highest BCUT2D eigenvalue weighted by Gasteiger charge is 2.24. The Hall–Kier alpha value is -4.48. The van der Waals surface area contributed by atoms with Crippen LogP contribution in [0.3, 0.4) is 0 Å². The Morgan fingerprint density at radius 2 is 0.794 bits per heavy atom. The number of ketones is 4. The Balaban J connectivity index is 0.000000192. The van der Waals surface area contributed by atoms with Gasteiger partial charge in [-0.15, -0.1) is 0 Å². The lowest BCUT2D eigenvalue weighted by Crippen LogP contribution is -2.24. The number of hydrogen-bond acceptors (Lipinski definition) is 5. The van der Waals surface area contributed by atoms with Gasteiger partial charge in [0, 0.05) is 16.7 Å². The summed E-state index contributed by atoms with van der Waals surface area (Å²) in [6.45, 7) is 0. The van der Waals surface area contributed by atoms with Gasteiger partial charge in [0.25, 0.3) is 5.78 Å². The molecule has 1 atom stereocenters. The highest BCUT2D eigenvalue weighted by atomic mass is 16.3. The van der Waals surface area contributed by atoms with Gasteiger partial charge in [0.1, 0.15) is 6.10 Å². The van der Waals surface area contributed by atoms with Gasteiger partial charge < -0.3 is 5.11 Å². The van der Waals surface area contributed by atoms with Crippen LogP contribution in [0.1, 0.15) is 42.7 Å². The van der Waals surface area contributed by atoms with Crippen LogP contribution in [0, 0.1) is 0 Å². The average Bonchev–Trinajstić information content (AvgIpc) is 2.93. The van der Waals surface area contributed by atoms with Crippen LogP contribution in [-0.4, -0.2) is 28.2 Å². The fourth-order valence-electron chi connectivity index (χ4n) is 3.09. The van der Waals surface area contributed by atoms with Crippen molar-refractivity contribution in [2.24, 2.45) is 0 Å². The Labute approximate surface area is 197 Å². The number of carbonyl (C=O) groups is 4. The largest absolute Gasteiger partial charge is 0.380 e. The molecule has 0 bridgehead atoms. The fraction of sp³-hybridized carbons (Fsp3) is 0.0345. The van der Waals surface area contributed by atoms with Gasteiger partial charge in [0.15, 0.2) is 5.78 Å². The van der Waals surface area contributed by atoms with Gasteiger partial charge in [0.05, 0.1) is 0 Å². The first-order valence-corrected chi connectivity index (χ1v) is 10.5. The maximum atomic E-state index is 11.9. The molecule has 0 aromatic heterocycles. The van der Waals surface area contributed by atoms with E-state index >= 15 is 0 Å². The molecule has 0 spiro atoms. The highest BCUT2D eigenvalue weighted by Crippen LogP contribution is 2.17. The normalized spacial score (nSPS) is 10.9. The Bertz CT molecular complexity index is 1200. The number of rotatable bonds is 7. The number of aliphatic hydroxyl groups is 1. The van der Waals surface area contributed by atoms with Crippen LogP contribution in [0.15, 0.2) is 121 Å². The molecule has 4 rings (SSSR count). The first-order chi connectivity index (χ1) is 16.5. The van der Waals surface area contributed by atoms with E-state index in [1.165, 1.54) is 24.3 Å². The van der Waals surface area contributed by atoms with E-state index in [9.17, 15) is 24.3 Å². The molecule has 1 unspecified atom stereocenters. The van der Waals surface area contributed by atoms with E-state index in [2.05, 4.69) is 0 Å². The molecule has 0 fully saturated rings. The van der Waals surface area contributed by atoms with E-state index < -0.39 is 23.5 Å².